The lowest BCUT2D eigenvalue weighted by atomic mass is 9.79. The van der Waals surface area contributed by atoms with Crippen molar-refractivity contribution < 1.29 is 18.3 Å². The summed E-state index contributed by atoms with van der Waals surface area (Å²) in [5.74, 6) is -3.25. The van der Waals surface area contributed by atoms with Gasteiger partial charge in [-0.3, -0.25) is 0 Å². The third kappa shape index (κ3) is 1.82. The van der Waals surface area contributed by atoms with Crippen LogP contribution < -0.4 is 0 Å². The molecular formula is C12H13F3O. The summed E-state index contributed by atoms with van der Waals surface area (Å²) in [4.78, 5) is 0. The van der Waals surface area contributed by atoms with Crippen LogP contribution in [-0.4, -0.2) is 5.11 Å². The molecule has 0 saturated heterocycles. The Morgan fingerprint density at radius 3 is 2.12 bits per heavy atom. The molecule has 88 valence electrons. The highest BCUT2D eigenvalue weighted by Gasteiger charge is 2.37. The molecule has 0 aromatic heterocycles. The summed E-state index contributed by atoms with van der Waals surface area (Å²) in [6.45, 7) is 0. The van der Waals surface area contributed by atoms with Gasteiger partial charge in [-0.15, -0.1) is 0 Å². The molecule has 1 aromatic carbocycles. The lowest BCUT2D eigenvalue weighted by Gasteiger charge is -2.32. The van der Waals surface area contributed by atoms with E-state index >= 15 is 0 Å². The Hall–Kier alpha value is -1.03. The zero-order chi connectivity index (χ0) is 11.8. The maximum atomic E-state index is 13.5. The molecule has 0 heterocycles. The molecule has 0 radical (unpaired) electrons. The number of rotatable bonds is 1. The Morgan fingerprint density at radius 1 is 0.938 bits per heavy atom. The van der Waals surface area contributed by atoms with E-state index in [1.54, 1.807) is 0 Å². The van der Waals surface area contributed by atoms with Crippen LogP contribution >= 0.6 is 0 Å². The number of benzene rings is 1. The number of aliphatic hydroxyl groups is 1. The second-order valence-electron chi connectivity index (χ2n) is 4.31. The van der Waals surface area contributed by atoms with Crippen molar-refractivity contribution in [3.8, 4) is 0 Å². The van der Waals surface area contributed by atoms with Crippen molar-refractivity contribution in [1.82, 2.24) is 0 Å². The highest BCUT2D eigenvalue weighted by Crippen LogP contribution is 2.39. The van der Waals surface area contributed by atoms with Crippen LogP contribution in [0.1, 0.15) is 37.7 Å². The van der Waals surface area contributed by atoms with Gasteiger partial charge in [-0.1, -0.05) is 19.3 Å². The largest absolute Gasteiger partial charge is 0.385 e. The molecule has 4 heteroatoms. The predicted octanol–water partition coefficient (Wildman–Crippen LogP) is 3.26. The molecule has 1 N–H and O–H groups in total. The van der Waals surface area contributed by atoms with Crippen molar-refractivity contribution in [1.29, 1.82) is 0 Å². The molecule has 0 amide bonds. The minimum absolute atomic E-state index is 0.282. The van der Waals surface area contributed by atoms with Crippen molar-refractivity contribution in [3.05, 3.63) is 35.1 Å². The molecule has 0 unspecified atom stereocenters. The first-order valence-corrected chi connectivity index (χ1v) is 5.41. The molecule has 0 aliphatic heterocycles. The van der Waals surface area contributed by atoms with Crippen LogP contribution in [0.25, 0.3) is 0 Å². The third-order valence-electron chi connectivity index (χ3n) is 3.19. The summed E-state index contributed by atoms with van der Waals surface area (Å²) >= 11 is 0. The first-order chi connectivity index (χ1) is 7.54. The van der Waals surface area contributed by atoms with Crippen LogP contribution in [0.4, 0.5) is 13.2 Å². The van der Waals surface area contributed by atoms with Gasteiger partial charge in [0.25, 0.3) is 0 Å². The smallest absolute Gasteiger partial charge is 0.167 e. The lowest BCUT2D eigenvalue weighted by molar-refractivity contribution is -0.00761. The van der Waals surface area contributed by atoms with Gasteiger partial charge >= 0.3 is 0 Å². The molecule has 2 rings (SSSR count). The van der Waals surface area contributed by atoms with Crippen LogP contribution in [-0.2, 0) is 5.60 Å². The van der Waals surface area contributed by atoms with Crippen LogP contribution in [0.2, 0.25) is 0 Å². The van der Waals surface area contributed by atoms with E-state index in [-0.39, 0.29) is 12.8 Å². The second-order valence-corrected chi connectivity index (χ2v) is 4.31. The summed E-state index contributed by atoms with van der Waals surface area (Å²) in [5, 5.41) is 10.2. The molecule has 1 aromatic rings. The molecule has 16 heavy (non-hydrogen) atoms. The Morgan fingerprint density at radius 2 is 1.50 bits per heavy atom. The van der Waals surface area contributed by atoms with Gasteiger partial charge in [-0.25, -0.2) is 13.2 Å². The fourth-order valence-electron chi connectivity index (χ4n) is 2.34. The summed E-state index contributed by atoms with van der Waals surface area (Å²) in [7, 11) is 0. The average molecular weight is 230 g/mol. The van der Waals surface area contributed by atoms with Gasteiger partial charge in [-0.05, 0) is 25.0 Å². The summed E-state index contributed by atoms with van der Waals surface area (Å²) in [6.07, 6.45) is 2.90. The van der Waals surface area contributed by atoms with Gasteiger partial charge in [-0.2, -0.15) is 0 Å². The normalized spacial score (nSPS) is 19.8. The molecular weight excluding hydrogens is 217 g/mol. The maximum absolute atomic E-state index is 13.5. The Balaban J connectivity index is 2.49. The molecule has 1 fully saturated rings. The number of hydrogen-bond donors (Lipinski definition) is 1. The zero-order valence-corrected chi connectivity index (χ0v) is 8.77. The molecule has 0 bridgehead atoms. The predicted molar refractivity (Wildman–Crippen MR) is 53.3 cm³/mol. The Kier molecular flexibility index (Phi) is 2.93. The van der Waals surface area contributed by atoms with E-state index in [9.17, 15) is 18.3 Å². The third-order valence-corrected chi connectivity index (χ3v) is 3.19. The van der Waals surface area contributed by atoms with E-state index in [1.165, 1.54) is 0 Å². The maximum Gasteiger partial charge on any atom is 0.167 e. The Labute approximate surface area is 91.9 Å². The van der Waals surface area contributed by atoms with Gasteiger partial charge < -0.3 is 5.11 Å². The average Bonchev–Trinajstić information content (AvgIpc) is 2.25. The molecule has 0 atom stereocenters. The van der Waals surface area contributed by atoms with E-state index in [4.69, 9.17) is 0 Å². The molecule has 0 spiro atoms. The highest BCUT2D eigenvalue weighted by atomic mass is 19.2. The summed E-state index contributed by atoms with van der Waals surface area (Å²) in [5.41, 5.74) is -2.05. The summed E-state index contributed by atoms with van der Waals surface area (Å²) in [6, 6.07) is 1.60. The van der Waals surface area contributed by atoms with Crippen LogP contribution in [0.5, 0.6) is 0 Å². The minimum atomic E-state index is -1.55. The van der Waals surface area contributed by atoms with Gasteiger partial charge in [0, 0.05) is 0 Å². The van der Waals surface area contributed by atoms with Gasteiger partial charge in [0.15, 0.2) is 11.6 Å². The monoisotopic (exact) mass is 230 g/mol. The minimum Gasteiger partial charge on any atom is -0.385 e. The van der Waals surface area contributed by atoms with E-state index in [1.807, 2.05) is 0 Å². The van der Waals surface area contributed by atoms with Crippen molar-refractivity contribution in [3.63, 3.8) is 0 Å². The van der Waals surface area contributed by atoms with Gasteiger partial charge in [0.05, 0.1) is 11.2 Å². The first kappa shape index (κ1) is 11.5. The van der Waals surface area contributed by atoms with E-state index < -0.39 is 28.6 Å². The van der Waals surface area contributed by atoms with E-state index in [0.717, 1.165) is 18.6 Å². The van der Waals surface area contributed by atoms with Gasteiger partial charge in [0.2, 0.25) is 0 Å². The highest BCUT2D eigenvalue weighted by molar-refractivity contribution is 5.27. The van der Waals surface area contributed by atoms with E-state index in [2.05, 4.69) is 0 Å². The van der Waals surface area contributed by atoms with Crippen molar-refractivity contribution in [2.45, 2.75) is 37.7 Å². The fourth-order valence-corrected chi connectivity index (χ4v) is 2.34. The van der Waals surface area contributed by atoms with Gasteiger partial charge in [0.1, 0.15) is 5.82 Å². The second kappa shape index (κ2) is 4.09. The van der Waals surface area contributed by atoms with E-state index in [0.29, 0.717) is 12.8 Å². The van der Waals surface area contributed by atoms with Crippen LogP contribution in [0.3, 0.4) is 0 Å². The molecule has 1 aliphatic rings. The van der Waals surface area contributed by atoms with Crippen molar-refractivity contribution in [2.24, 2.45) is 0 Å². The topological polar surface area (TPSA) is 20.2 Å². The fraction of sp³-hybridized carbons (Fsp3) is 0.500. The van der Waals surface area contributed by atoms with Crippen LogP contribution in [0.15, 0.2) is 12.1 Å². The van der Waals surface area contributed by atoms with Crippen molar-refractivity contribution >= 4 is 0 Å². The SMILES string of the molecule is OC1(c2c(F)ccc(F)c2F)CCCCC1. The molecule has 1 saturated carbocycles. The standard InChI is InChI=1S/C12H13F3O/c13-8-4-5-9(14)11(15)10(8)12(16)6-2-1-3-7-12/h4-5,16H,1-3,6-7H2. The molecule has 1 aliphatic carbocycles. The number of hydrogen-bond acceptors (Lipinski definition) is 1. The Bertz CT molecular complexity index is 397. The lowest BCUT2D eigenvalue weighted by Crippen LogP contribution is -2.31. The summed E-state index contributed by atoms with van der Waals surface area (Å²) < 4.78 is 40.0. The van der Waals surface area contributed by atoms with Crippen molar-refractivity contribution in [2.75, 3.05) is 0 Å². The molecule has 1 nitrogen and oxygen atoms in total. The number of halogens is 3. The van der Waals surface area contributed by atoms with Crippen LogP contribution in [0, 0.1) is 17.5 Å². The first-order valence-electron chi connectivity index (χ1n) is 5.41. The quantitative estimate of drug-likeness (QED) is 0.734. The zero-order valence-electron chi connectivity index (χ0n) is 8.77.